The summed E-state index contributed by atoms with van der Waals surface area (Å²) < 4.78 is 11.0. The van der Waals surface area contributed by atoms with Gasteiger partial charge in [-0.25, -0.2) is 0 Å². The summed E-state index contributed by atoms with van der Waals surface area (Å²) in [6, 6.07) is 9.13. The van der Waals surface area contributed by atoms with Crippen LogP contribution in [0.2, 0.25) is 0 Å². The Balaban J connectivity index is 1.43. The van der Waals surface area contributed by atoms with Crippen molar-refractivity contribution in [1.82, 2.24) is 0 Å². The van der Waals surface area contributed by atoms with Crippen LogP contribution in [0.4, 0.5) is 0 Å². The highest BCUT2D eigenvalue weighted by atomic mass is 16.7. The van der Waals surface area contributed by atoms with E-state index in [1.165, 1.54) is 43.2 Å². The highest BCUT2D eigenvalue weighted by Crippen LogP contribution is 2.37. The van der Waals surface area contributed by atoms with Gasteiger partial charge < -0.3 is 9.47 Å². The minimum atomic E-state index is 0.0878. The van der Waals surface area contributed by atoms with Gasteiger partial charge in [-0.2, -0.15) is 0 Å². The van der Waals surface area contributed by atoms with Gasteiger partial charge in [-0.3, -0.25) is 0 Å². The third-order valence-electron chi connectivity index (χ3n) is 4.90. The summed E-state index contributed by atoms with van der Waals surface area (Å²) in [6.07, 6.45) is 7.87. The smallest absolute Gasteiger partial charge is 0.157 e. The molecule has 0 bridgehead atoms. The minimum Gasteiger partial charge on any atom is -0.350 e. The Bertz CT molecular complexity index is 398. The maximum Gasteiger partial charge on any atom is 0.157 e. The van der Waals surface area contributed by atoms with Gasteiger partial charge in [0.25, 0.3) is 0 Å². The molecule has 0 unspecified atom stereocenters. The maximum absolute atomic E-state index is 5.52. The largest absolute Gasteiger partial charge is 0.350 e. The molecule has 2 aliphatic rings. The molecule has 20 heavy (non-hydrogen) atoms. The molecule has 3 rings (SSSR count). The van der Waals surface area contributed by atoms with E-state index >= 15 is 0 Å². The van der Waals surface area contributed by atoms with Crippen molar-refractivity contribution in [3.63, 3.8) is 0 Å². The van der Waals surface area contributed by atoms with E-state index in [9.17, 15) is 0 Å². The predicted octanol–water partition coefficient (Wildman–Crippen LogP) is 4.42. The van der Waals surface area contributed by atoms with Crippen LogP contribution in [0.3, 0.4) is 0 Å². The Kier molecular flexibility index (Phi) is 4.74. The molecule has 0 amide bonds. The number of aryl methyl sites for hydroxylation is 1. The number of hydrogen-bond acceptors (Lipinski definition) is 2. The molecule has 1 saturated heterocycles. The first-order valence-electron chi connectivity index (χ1n) is 8.11. The molecule has 1 aliphatic carbocycles. The van der Waals surface area contributed by atoms with Crippen molar-refractivity contribution in [3.8, 4) is 0 Å². The summed E-state index contributed by atoms with van der Waals surface area (Å²) >= 11 is 0. The lowest BCUT2D eigenvalue weighted by Crippen LogP contribution is -2.16. The molecular formula is C18H26O2. The summed E-state index contributed by atoms with van der Waals surface area (Å²) in [7, 11) is 0. The third-order valence-corrected chi connectivity index (χ3v) is 4.90. The van der Waals surface area contributed by atoms with E-state index in [0.29, 0.717) is 0 Å². The lowest BCUT2D eigenvalue weighted by atomic mass is 9.77. The number of hydrogen-bond donors (Lipinski definition) is 0. The van der Waals surface area contributed by atoms with Crippen LogP contribution < -0.4 is 0 Å². The zero-order valence-corrected chi connectivity index (χ0v) is 12.5. The second kappa shape index (κ2) is 6.73. The van der Waals surface area contributed by atoms with Gasteiger partial charge in [0.05, 0.1) is 13.2 Å². The zero-order chi connectivity index (χ0) is 13.8. The van der Waals surface area contributed by atoms with E-state index in [-0.39, 0.29) is 6.29 Å². The van der Waals surface area contributed by atoms with E-state index in [4.69, 9.17) is 9.47 Å². The van der Waals surface area contributed by atoms with Crippen LogP contribution in [0.25, 0.3) is 0 Å². The lowest BCUT2D eigenvalue weighted by Gasteiger charge is -2.29. The summed E-state index contributed by atoms with van der Waals surface area (Å²) in [5, 5.41) is 0. The second-order valence-electron chi connectivity index (χ2n) is 6.38. The standard InChI is InChI=1S/C18H26O2/c1-14-2-7-16(8-3-14)17-9-4-15(5-10-17)6-11-18-19-12-13-20-18/h2-3,7-8,15,17-18H,4-6,9-13H2,1H3. The van der Waals surface area contributed by atoms with E-state index < -0.39 is 0 Å². The van der Waals surface area contributed by atoms with Gasteiger partial charge in [0.1, 0.15) is 0 Å². The van der Waals surface area contributed by atoms with Gasteiger partial charge in [-0.1, -0.05) is 29.8 Å². The van der Waals surface area contributed by atoms with Gasteiger partial charge in [-0.05, 0) is 62.8 Å². The second-order valence-corrected chi connectivity index (χ2v) is 6.38. The van der Waals surface area contributed by atoms with E-state index in [1.54, 1.807) is 0 Å². The highest BCUT2D eigenvalue weighted by Gasteiger charge is 2.24. The topological polar surface area (TPSA) is 18.5 Å². The Morgan fingerprint density at radius 3 is 2.20 bits per heavy atom. The SMILES string of the molecule is Cc1ccc(C2CCC(CCC3OCCO3)CC2)cc1. The van der Waals surface area contributed by atoms with Crippen LogP contribution in [-0.4, -0.2) is 19.5 Å². The molecule has 0 radical (unpaired) electrons. The Hall–Kier alpha value is -0.860. The zero-order valence-electron chi connectivity index (χ0n) is 12.5. The predicted molar refractivity (Wildman–Crippen MR) is 80.8 cm³/mol. The Labute approximate surface area is 122 Å². The van der Waals surface area contributed by atoms with Crippen molar-refractivity contribution < 1.29 is 9.47 Å². The summed E-state index contributed by atoms with van der Waals surface area (Å²) in [6.45, 7) is 3.73. The first-order chi connectivity index (χ1) is 9.81. The van der Waals surface area contributed by atoms with E-state index in [2.05, 4.69) is 31.2 Å². The van der Waals surface area contributed by atoms with Gasteiger partial charge >= 0.3 is 0 Å². The normalized spacial score (nSPS) is 27.9. The lowest BCUT2D eigenvalue weighted by molar-refractivity contribution is -0.0509. The fourth-order valence-corrected chi connectivity index (χ4v) is 3.57. The van der Waals surface area contributed by atoms with Crippen molar-refractivity contribution in [2.75, 3.05) is 13.2 Å². The molecule has 2 nitrogen and oxygen atoms in total. The van der Waals surface area contributed by atoms with Gasteiger partial charge in [0.15, 0.2) is 6.29 Å². The summed E-state index contributed by atoms with van der Waals surface area (Å²) in [5.41, 5.74) is 2.90. The molecule has 1 heterocycles. The van der Waals surface area contributed by atoms with Crippen LogP contribution in [0.15, 0.2) is 24.3 Å². The Morgan fingerprint density at radius 2 is 1.55 bits per heavy atom. The van der Waals surface area contributed by atoms with Crippen molar-refractivity contribution >= 4 is 0 Å². The van der Waals surface area contributed by atoms with Crippen molar-refractivity contribution in [2.45, 2.75) is 57.7 Å². The first-order valence-corrected chi connectivity index (χ1v) is 8.11. The fraction of sp³-hybridized carbons (Fsp3) is 0.667. The molecule has 0 aromatic heterocycles. The van der Waals surface area contributed by atoms with E-state index in [1.807, 2.05) is 0 Å². The van der Waals surface area contributed by atoms with Crippen molar-refractivity contribution in [2.24, 2.45) is 5.92 Å². The third kappa shape index (κ3) is 3.62. The minimum absolute atomic E-state index is 0.0878. The molecule has 0 spiro atoms. The molecule has 1 aromatic rings. The molecular weight excluding hydrogens is 248 g/mol. The molecule has 2 fully saturated rings. The van der Waals surface area contributed by atoms with Crippen LogP contribution in [-0.2, 0) is 9.47 Å². The summed E-state index contributed by atoms with van der Waals surface area (Å²) in [4.78, 5) is 0. The van der Waals surface area contributed by atoms with Crippen LogP contribution in [0.1, 0.15) is 55.6 Å². The highest BCUT2D eigenvalue weighted by molar-refractivity contribution is 5.24. The average Bonchev–Trinajstić information content (AvgIpc) is 3.00. The number of benzene rings is 1. The Morgan fingerprint density at radius 1 is 0.900 bits per heavy atom. The maximum atomic E-state index is 5.52. The van der Waals surface area contributed by atoms with Crippen LogP contribution in [0.5, 0.6) is 0 Å². The van der Waals surface area contributed by atoms with E-state index in [0.717, 1.165) is 31.5 Å². The molecule has 1 aromatic carbocycles. The van der Waals surface area contributed by atoms with Crippen LogP contribution in [0, 0.1) is 12.8 Å². The van der Waals surface area contributed by atoms with Crippen LogP contribution >= 0.6 is 0 Å². The number of rotatable bonds is 4. The molecule has 110 valence electrons. The monoisotopic (exact) mass is 274 g/mol. The number of ether oxygens (including phenoxy) is 2. The van der Waals surface area contributed by atoms with Gasteiger partial charge in [0.2, 0.25) is 0 Å². The summed E-state index contributed by atoms with van der Waals surface area (Å²) in [5.74, 6) is 1.66. The molecule has 0 atom stereocenters. The fourth-order valence-electron chi connectivity index (χ4n) is 3.57. The first kappa shape index (κ1) is 14.1. The molecule has 2 heteroatoms. The van der Waals surface area contributed by atoms with Gasteiger partial charge in [0, 0.05) is 0 Å². The van der Waals surface area contributed by atoms with Crippen molar-refractivity contribution in [3.05, 3.63) is 35.4 Å². The van der Waals surface area contributed by atoms with Gasteiger partial charge in [-0.15, -0.1) is 0 Å². The quantitative estimate of drug-likeness (QED) is 0.809. The average molecular weight is 274 g/mol. The molecule has 1 saturated carbocycles. The van der Waals surface area contributed by atoms with Crippen molar-refractivity contribution in [1.29, 1.82) is 0 Å². The molecule has 0 N–H and O–H groups in total. The molecule has 1 aliphatic heterocycles.